The van der Waals surface area contributed by atoms with E-state index in [1.165, 1.54) is 12.8 Å². The number of aromatic hydroxyl groups is 1. The number of nitrogens with zero attached hydrogens (tertiary/aromatic N) is 3. The number of phenols is 1. The van der Waals surface area contributed by atoms with Crippen molar-refractivity contribution in [1.29, 1.82) is 0 Å². The molecule has 1 amide bonds. The molecule has 2 aliphatic rings. The highest BCUT2D eigenvalue weighted by Crippen LogP contribution is 2.19. The first-order valence-corrected chi connectivity index (χ1v) is 9.10. The van der Waals surface area contributed by atoms with Gasteiger partial charge in [0.05, 0.1) is 0 Å². The van der Waals surface area contributed by atoms with Crippen LogP contribution >= 0.6 is 0 Å². The fourth-order valence-corrected chi connectivity index (χ4v) is 3.80. The van der Waals surface area contributed by atoms with Crippen molar-refractivity contribution in [2.45, 2.75) is 38.3 Å². The zero-order valence-corrected chi connectivity index (χ0v) is 14.7. The highest BCUT2D eigenvalue weighted by Gasteiger charge is 2.26. The monoisotopic (exact) mass is 331 g/mol. The fourth-order valence-electron chi connectivity index (χ4n) is 3.80. The lowest BCUT2D eigenvalue weighted by atomic mass is 9.99. The van der Waals surface area contributed by atoms with E-state index in [1.54, 1.807) is 6.07 Å². The number of hydrogen-bond donors (Lipinski definition) is 1. The zero-order valence-electron chi connectivity index (χ0n) is 14.7. The lowest BCUT2D eigenvalue weighted by molar-refractivity contribution is -0.134. The third kappa shape index (κ3) is 4.48. The Balaban J connectivity index is 1.45. The van der Waals surface area contributed by atoms with Gasteiger partial charge < -0.3 is 14.9 Å². The van der Waals surface area contributed by atoms with E-state index in [1.807, 2.05) is 23.1 Å². The number of phenolic OH excluding ortho intramolecular Hbond substituents is 1. The third-order valence-electron chi connectivity index (χ3n) is 5.37. The fraction of sp³-hybridized carbons (Fsp3) is 0.632. The van der Waals surface area contributed by atoms with Gasteiger partial charge in [0, 0.05) is 45.2 Å². The second kappa shape index (κ2) is 7.99. The summed E-state index contributed by atoms with van der Waals surface area (Å²) in [5.74, 6) is 0.628. The van der Waals surface area contributed by atoms with Gasteiger partial charge in [0.15, 0.2) is 0 Å². The molecule has 24 heavy (non-hydrogen) atoms. The number of likely N-dealkylation sites (tertiary alicyclic amines) is 1. The van der Waals surface area contributed by atoms with Crippen LogP contribution in [0.2, 0.25) is 0 Å². The maximum atomic E-state index is 12.6. The van der Waals surface area contributed by atoms with Crippen LogP contribution in [0.1, 0.15) is 31.2 Å². The first-order chi connectivity index (χ1) is 11.6. The molecule has 1 N–H and O–H groups in total. The van der Waals surface area contributed by atoms with Crippen molar-refractivity contribution in [3.63, 3.8) is 0 Å². The number of piperazine rings is 1. The van der Waals surface area contributed by atoms with E-state index in [-0.39, 0.29) is 0 Å². The molecule has 0 bridgehead atoms. The third-order valence-corrected chi connectivity index (χ3v) is 5.37. The van der Waals surface area contributed by atoms with Crippen LogP contribution in [0.5, 0.6) is 5.75 Å². The molecule has 0 saturated carbocycles. The minimum Gasteiger partial charge on any atom is -0.508 e. The summed E-state index contributed by atoms with van der Waals surface area (Å²) in [7, 11) is 2.14. The Morgan fingerprint density at radius 2 is 1.96 bits per heavy atom. The van der Waals surface area contributed by atoms with Crippen molar-refractivity contribution in [1.82, 2.24) is 14.7 Å². The van der Waals surface area contributed by atoms with Crippen LogP contribution in [0.25, 0.3) is 0 Å². The van der Waals surface area contributed by atoms with Gasteiger partial charge in [-0.1, -0.05) is 18.6 Å². The van der Waals surface area contributed by atoms with Crippen LogP contribution in [0.3, 0.4) is 0 Å². The average molecular weight is 331 g/mol. The van der Waals surface area contributed by atoms with Gasteiger partial charge in [-0.15, -0.1) is 0 Å². The predicted octanol–water partition coefficient (Wildman–Crippen LogP) is 1.91. The lowest BCUT2D eigenvalue weighted by Gasteiger charge is -2.37. The van der Waals surface area contributed by atoms with Crippen LogP contribution in [0, 0.1) is 0 Å². The lowest BCUT2D eigenvalue weighted by Crippen LogP contribution is -2.50. The van der Waals surface area contributed by atoms with E-state index in [2.05, 4.69) is 16.8 Å². The summed E-state index contributed by atoms with van der Waals surface area (Å²) in [6, 6.07) is 7.86. The molecular weight excluding hydrogens is 302 g/mol. The summed E-state index contributed by atoms with van der Waals surface area (Å²) >= 11 is 0. The normalized spacial score (nSPS) is 23.4. The average Bonchev–Trinajstić information content (AvgIpc) is 2.57. The first-order valence-electron chi connectivity index (χ1n) is 9.10. The summed E-state index contributed by atoms with van der Waals surface area (Å²) < 4.78 is 0. The van der Waals surface area contributed by atoms with Crippen molar-refractivity contribution < 1.29 is 9.90 Å². The second-order valence-electron chi connectivity index (χ2n) is 7.16. The second-order valence-corrected chi connectivity index (χ2v) is 7.16. The largest absolute Gasteiger partial charge is 0.508 e. The van der Waals surface area contributed by atoms with E-state index in [0.29, 0.717) is 24.1 Å². The van der Waals surface area contributed by atoms with Crippen molar-refractivity contribution in [2.24, 2.45) is 0 Å². The Kier molecular flexibility index (Phi) is 5.74. The maximum absolute atomic E-state index is 12.6. The number of carbonyl (C=O) groups excluding carboxylic acids is 1. The summed E-state index contributed by atoms with van der Waals surface area (Å²) in [5.41, 5.74) is 1.12. The molecule has 2 saturated heterocycles. The highest BCUT2D eigenvalue weighted by atomic mass is 16.3. The van der Waals surface area contributed by atoms with Gasteiger partial charge in [-0.05, 0) is 44.1 Å². The summed E-state index contributed by atoms with van der Waals surface area (Å²) in [6.07, 6.45) is 4.33. The molecule has 0 spiro atoms. The van der Waals surface area contributed by atoms with Crippen molar-refractivity contribution >= 4 is 5.91 Å². The number of amides is 1. The Morgan fingerprint density at radius 3 is 2.67 bits per heavy atom. The number of piperidine rings is 1. The van der Waals surface area contributed by atoms with Crippen molar-refractivity contribution in [3.05, 3.63) is 29.8 Å². The van der Waals surface area contributed by atoms with Gasteiger partial charge in [0.1, 0.15) is 5.75 Å². The maximum Gasteiger partial charge on any atom is 0.224 e. The number of benzene rings is 1. The number of hydrogen-bond acceptors (Lipinski definition) is 4. The number of rotatable bonds is 4. The minimum absolute atomic E-state index is 0.311. The molecule has 5 heteroatoms. The number of carbonyl (C=O) groups is 1. The van der Waals surface area contributed by atoms with Gasteiger partial charge in [-0.3, -0.25) is 9.69 Å². The van der Waals surface area contributed by atoms with Gasteiger partial charge in [-0.25, -0.2) is 0 Å². The quantitative estimate of drug-likeness (QED) is 0.916. The summed E-state index contributed by atoms with van der Waals surface area (Å²) in [5, 5.41) is 9.56. The molecular formula is C19H29N3O2. The first kappa shape index (κ1) is 17.2. The molecule has 5 nitrogen and oxygen atoms in total. The van der Waals surface area contributed by atoms with E-state index in [9.17, 15) is 9.90 Å². The molecule has 1 aromatic rings. The van der Waals surface area contributed by atoms with E-state index >= 15 is 0 Å². The smallest absolute Gasteiger partial charge is 0.224 e. The topological polar surface area (TPSA) is 47.0 Å². The molecule has 0 aliphatic carbocycles. The van der Waals surface area contributed by atoms with Gasteiger partial charge in [0.2, 0.25) is 5.91 Å². The molecule has 132 valence electrons. The van der Waals surface area contributed by atoms with Crippen LogP contribution in [0.15, 0.2) is 24.3 Å². The van der Waals surface area contributed by atoms with Crippen LogP contribution in [-0.2, 0) is 11.3 Å². The Morgan fingerprint density at radius 1 is 1.17 bits per heavy atom. The SMILES string of the molecule is CN1CCCC[C@@H]1CC(=O)N1CCN(Cc2cccc(O)c2)CC1. The minimum atomic E-state index is 0.311. The van der Waals surface area contributed by atoms with Gasteiger partial charge in [0.25, 0.3) is 0 Å². The van der Waals surface area contributed by atoms with Crippen LogP contribution in [0.4, 0.5) is 0 Å². The Hall–Kier alpha value is -1.59. The summed E-state index contributed by atoms with van der Waals surface area (Å²) in [6.45, 7) is 5.39. The molecule has 2 fully saturated rings. The summed E-state index contributed by atoms with van der Waals surface area (Å²) in [4.78, 5) is 19.3. The zero-order chi connectivity index (χ0) is 16.9. The van der Waals surface area contributed by atoms with Crippen molar-refractivity contribution in [3.8, 4) is 5.75 Å². The molecule has 0 unspecified atom stereocenters. The molecule has 0 radical (unpaired) electrons. The van der Waals surface area contributed by atoms with E-state index in [0.717, 1.165) is 51.3 Å². The standard InChI is InChI=1S/C19H29N3O2/c1-20-8-3-2-6-17(20)14-19(24)22-11-9-21(10-12-22)15-16-5-4-7-18(23)13-16/h4-5,7,13,17,23H,2-3,6,8-12,14-15H2,1H3/t17-/m1/s1. The van der Waals surface area contributed by atoms with Crippen molar-refractivity contribution in [2.75, 3.05) is 39.8 Å². The Bertz CT molecular complexity index is 555. The van der Waals surface area contributed by atoms with Gasteiger partial charge >= 0.3 is 0 Å². The van der Waals surface area contributed by atoms with Crippen LogP contribution in [-0.4, -0.2) is 71.5 Å². The molecule has 1 atom stereocenters. The molecule has 3 rings (SSSR count). The predicted molar refractivity (Wildman–Crippen MR) is 94.8 cm³/mol. The van der Waals surface area contributed by atoms with Crippen LogP contribution < -0.4 is 0 Å². The van der Waals surface area contributed by atoms with E-state index in [4.69, 9.17) is 0 Å². The highest BCUT2D eigenvalue weighted by molar-refractivity contribution is 5.77. The van der Waals surface area contributed by atoms with Gasteiger partial charge in [-0.2, -0.15) is 0 Å². The molecule has 2 aliphatic heterocycles. The Labute approximate surface area is 144 Å². The molecule has 0 aromatic heterocycles. The molecule has 1 aromatic carbocycles. The molecule has 2 heterocycles. The van der Waals surface area contributed by atoms with E-state index < -0.39 is 0 Å².